The van der Waals surface area contributed by atoms with Crippen molar-refractivity contribution in [3.8, 4) is 11.5 Å². The van der Waals surface area contributed by atoms with Gasteiger partial charge in [0.25, 0.3) is 5.91 Å². The first-order valence-electron chi connectivity index (χ1n) is 6.44. The predicted octanol–water partition coefficient (Wildman–Crippen LogP) is 1.54. The van der Waals surface area contributed by atoms with Gasteiger partial charge in [-0.25, -0.2) is 0 Å². The highest BCUT2D eigenvalue weighted by Crippen LogP contribution is 2.40. The summed E-state index contributed by atoms with van der Waals surface area (Å²) in [6.45, 7) is 0. The molecule has 0 radical (unpaired) electrons. The summed E-state index contributed by atoms with van der Waals surface area (Å²) in [5.74, 6) is 1.03. The van der Waals surface area contributed by atoms with Crippen molar-refractivity contribution in [1.82, 2.24) is 9.78 Å². The molecule has 7 nitrogen and oxygen atoms in total. The molecule has 0 saturated carbocycles. The molecule has 7 heteroatoms. The Kier molecular flexibility index (Phi) is 3.17. The lowest BCUT2D eigenvalue weighted by Crippen LogP contribution is -2.31. The van der Waals surface area contributed by atoms with Crippen LogP contribution in [0, 0.1) is 0 Å². The van der Waals surface area contributed by atoms with E-state index >= 15 is 0 Å². The summed E-state index contributed by atoms with van der Waals surface area (Å²) < 4.78 is 12.2. The molecule has 1 unspecified atom stereocenters. The van der Waals surface area contributed by atoms with Crippen LogP contribution in [0.3, 0.4) is 0 Å². The van der Waals surface area contributed by atoms with E-state index in [0.717, 1.165) is 11.3 Å². The number of nitrogens with zero attached hydrogens (tertiary/aromatic N) is 2. The molecular weight excluding hydrogens is 272 g/mol. The molecule has 1 aliphatic heterocycles. The van der Waals surface area contributed by atoms with Crippen LogP contribution in [0.2, 0.25) is 0 Å². The van der Waals surface area contributed by atoms with Gasteiger partial charge in [-0.05, 0) is 0 Å². The summed E-state index contributed by atoms with van der Waals surface area (Å²) in [5.41, 5.74) is 2.24. The fraction of sp³-hybridized carbons (Fsp3) is 0.286. The first-order chi connectivity index (χ1) is 10.1. The van der Waals surface area contributed by atoms with Crippen molar-refractivity contribution in [2.45, 2.75) is 6.04 Å². The van der Waals surface area contributed by atoms with Crippen LogP contribution >= 0.6 is 0 Å². The average Bonchev–Trinajstić information content (AvgIpc) is 2.91. The van der Waals surface area contributed by atoms with Crippen LogP contribution in [-0.4, -0.2) is 29.9 Å². The minimum absolute atomic E-state index is 0.136. The number of aryl methyl sites for hydroxylation is 1. The number of rotatable bonds is 3. The van der Waals surface area contributed by atoms with Crippen molar-refractivity contribution < 1.29 is 14.3 Å². The zero-order chi connectivity index (χ0) is 15.0. The van der Waals surface area contributed by atoms with Gasteiger partial charge in [-0.1, -0.05) is 0 Å². The quantitative estimate of drug-likeness (QED) is 0.896. The second-order valence-electron chi connectivity index (χ2n) is 4.77. The molecule has 21 heavy (non-hydrogen) atoms. The van der Waals surface area contributed by atoms with E-state index < -0.39 is 6.04 Å². The van der Waals surface area contributed by atoms with Gasteiger partial charge in [0.2, 0.25) is 0 Å². The van der Waals surface area contributed by atoms with Gasteiger partial charge in [0.05, 0.1) is 31.8 Å². The SMILES string of the molecule is COc1cc2c(cc1OC)NC(c1cnn(C)c1)C(=O)N2. The van der Waals surface area contributed by atoms with E-state index in [1.54, 1.807) is 37.2 Å². The Morgan fingerprint density at radius 1 is 1.19 bits per heavy atom. The molecule has 2 heterocycles. The first-order valence-corrected chi connectivity index (χ1v) is 6.44. The normalized spacial score (nSPS) is 16.7. The van der Waals surface area contributed by atoms with Crippen molar-refractivity contribution in [3.05, 3.63) is 30.1 Å². The van der Waals surface area contributed by atoms with E-state index in [1.807, 2.05) is 13.2 Å². The Bertz CT molecular complexity index is 696. The van der Waals surface area contributed by atoms with Crippen LogP contribution < -0.4 is 20.1 Å². The van der Waals surface area contributed by atoms with Gasteiger partial charge < -0.3 is 20.1 Å². The molecule has 2 N–H and O–H groups in total. The molecule has 0 saturated heterocycles. The van der Waals surface area contributed by atoms with Crippen molar-refractivity contribution in [3.63, 3.8) is 0 Å². The van der Waals surface area contributed by atoms with Gasteiger partial charge >= 0.3 is 0 Å². The minimum atomic E-state index is -0.482. The molecule has 1 amide bonds. The van der Waals surface area contributed by atoms with Gasteiger partial charge in [0, 0.05) is 30.9 Å². The number of amides is 1. The topological polar surface area (TPSA) is 77.4 Å². The monoisotopic (exact) mass is 288 g/mol. The molecule has 3 rings (SSSR count). The fourth-order valence-electron chi connectivity index (χ4n) is 2.35. The highest BCUT2D eigenvalue weighted by Gasteiger charge is 2.29. The van der Waals surface area contributed by atoms with Crippen LogP contribution in [-0.2, 0) is 11.8 Å². The number of aromatic nitrogens is 2. The number of ether oxygens (including phenoxy) is 2. The second-order valence-corrected chi connectivity index (χ2v) is 4.77. The van der Waals surface area contributed by atoms with Crippen molar-refractivity contribution in [2.75, 3.05) is 24.9 Å². The largest absolute Gasteiger partial charge is 0.493 e. The average molecular weight is 288 g/mol. The lowest BCUT2D eigenvalue weighted by molar-refractivity contribution is -0.117. The number of fused-ring (bicyclic) bond motifs is 1. The van der Waals surface area contributed by atoms with E-state index in [9.17, 15) is 4.79 Å². The van der Waals surface area contributed by atoms with Crippen LogP contribution in [0.5, 0.6) is 11.5 Å². The molecule has 2 aromatic rings. The molecule has 1 atom stereocenters. The van der Waals surface area contributed by atoms with Crippen molar-refractivity contribution in [2.24, 2.45) is 7.05 Å². The van der Waals surface area contributed by atoms with E-state index in [-0.39, 0.29) is 5.91 Å². The summed E-state index contributed by atoms with van der Waals surface area (Å²) in [6, 6.07) is 3.06. The van der Waals surface area contributed by atoms with Gasteiger partial charge in [-0.15, -0.1) is 0 Å². The maximum absolute atomic E-state index is 12.2. The fourth-order valence-corrected chi connectivity index (χ4v) is 2.35. The molecule has 0 bridgehead atoms. The molecule has 0 aliphatic carbocycles. The maximum atomic E-state index is 12.2. The van der Waals surface area contributed by atoms with Gasteiger partial charge in [0.1, 0.15) is 6.04 Å². The van der Waals surface area contributed by atoms with Crippen molar-refractivity contribution in [1.29, 1.82) is 0 Å². The third-order valence-corrected chi connectivity index (χ3v) is 3.40. The summed E-state index contributed by atoms with van der Waals surface area (Å²) in [7, 11) is 4.94. The number of nitrogens with one attached hydrogen (secondary N) is 2. The Morgan fingerprint density at radius 3 is 2.43 bits per heavy atom. The number of hydrogen-bond acceptors (Lipinski definition) is 5. The third kappa shape index (κ3) is 2.26. The van der Waals surface area contributed by atoms with E-state index in [1.165, 1.54) is 0 Å². The number of carbonyl (C=O) groups excluding carboxylic acids is 1. The molecule has 0 spiro atoms. The van der Waals surface area contributed by atoms with E-state index in [0.29, 0.717) is 17.2 Å². The summed E-state index contributed by atoms with van der Waals surface area (Å²) in [6.07, 6.45) is 3.48. The van der Waals surface area contributed by atoms with Crippen LogP contribution in [0.1, 0.15) is 11.6 Å². The Hall–Kier alpha value is -2.70. The Morgan fingerprint density at radius 2 is 1.86 bits per heavy atom. The molecule has 1 aromatic heterocycles. The summed E-state index contributed by atoms with van der Waals surface area (Å²) >= 11 is 0. The zero-order valence-corrected chi connectivity index (χ0v) is 12.0. The highest BCUT2D eigenvalue weighted by molar-refractivity contribution is 6.04. The zero-order valence-electron chi connectivity index (χ0n) is 12.0. The van der Waals surface area contributed by atoms with E-state index in [2.05, 4.69) is 15.7 Å². The maximum Gasteiger partial charge on any atom is 0.251 e. The molecule has 1 aliphatic rings. The highest BCUT2D eigenvalue weighted by atomic mass is 16.5. The molecular formula is C14H16N4O3. The van der Waals surface area contributed by atoms with Gasteiger partial charge in [-0.3, -0.25) is 9.48 Å². The lowest BCUT2D eigenvalue weighted by Gasteiger charge is -2.27. The van der Waals surface area contributed by atoms with Gasteiger partial charge in [0.15, 0.2) is 11.5 Å². The predicted molar refractivity (Wildman–Crippen MR) is 77.7 cm³/mol. The third-order valence-electron chi connectivity index (χ3n) is 3.40. The number of benzene rings is 1. The van der Waals surface area contributed by atoms with Crippen molar-refractivity contribution >= 4 is 17.3 Å². The number of hydrogen-bond donors (Lipinski definition) is 2. The van der Waals surface area contributed by atoms with Crippen LogP contribution in [0.4, 0.5) is 11.4 Å². The summed E-state index contributed by atoms with van der Waals surface area (Å²) in [4.78, 5) is 12.2. The first kappa shape index (κ1) is 13.3. The smallest absolute Gasteiger partial charge is 0.251 e. The molecule has 0 fully saturated rings. The van der Waals surface area contributed by atoms with Gasteiger partial charge in [-0.2, -0.15) is 5.10 Å². The van der Waals surface area contributed by atoms with E-state index in [4.69, 9.17) is 9.47 Å². The molecule has 1 aromatic carbocycles. The number of carbonyl (C=O) groups is 1. The summed E-state index contributed by atoms with van der Waals surface area (Å²) in [5, 5.41) is 10.2. The number of anilines is 2. The Labute approximate surface area is 121 Å². The Balaban J connectivity index is 1.98. The van der Waals surface area contributed by atoms with Crippen LogP contribution in [0.25, 0.3) is 0 Å². The molecule has 110 valence electrons. The number of methoxy groups -OCH3 is 2. The van der Waals surface area contributed by atoms with Crippen LogP contribution in [0.15, 0.2) is 24.5 Å². The standard InChI is InChI=1S/C14H16N4O3/c1-18-7-8(6-15-18)13-14(19)17-10-5-12(21-3)11(20-2)4-9(10)16-13/h4-7,13,16H,1-3H3,(H,17,19). The minimum Gasteiger partial charge on any atom is -0.493 e. The lowest BCUT2D eigenvalue weighted by atomic mass is 10.1. The second kappa shape index (κ2) is 5.01.